The highest BCUT2D eigenvalue weighted by atomic mass is 32.2. The van der Waals surface area contributed by atoms with E-state index in [0.717, 1.165) is 40.0 Å². The number of hydrogen-bond acceptors (Lipinski definition) is 3. The van der Waals surface area contributed by atoms with Crippen molar-refractivity contribution < 1.29 is 14.5 Å². The van der Waals surface area contributed by atoms with Crippen LogP contribution in [0.3, 0.4) is 0 Å². The Morgan fingerprint density at radius 1 is 1.00 bits per heavy atom. The van der Waals surface area contributed by atoms with E-state index < -0.39 is 11.2 Å². The lowest BCUT2D eigenvalue weighted by molar-refractivity contribution is -0.115. The van der Waals surface area contributed by atoms with Crippen LogP contribution in [0, 0.1) is 19.8 Å². The molecule has 2 aromatic carbocycles. The van der Waals surface area contributed by atoms with Crippen LogP contribution in [0.15, 0.2) is 47.1 Å². The molecule has 0 aromatic heterocycles. The Hall–Kier alpha value is -2.04. The zero-order valence-corrected chi connectivity index (χ0v) is 19.3. The molecule has 1 aliphatic rings. The maximum absolute atomic E-state index is 13.1. The fourth-order valence-corrected chi connectivity index (χ4v) is 5.59. The molecule has 2 unspecified atom stereocenters. The molecule has 2 atom stereocenters. The number of carbonyl (C=O) groups excluding carboxylic acids is 1. The van der Waals surface area contributed by atoms with Crippen LogP contribution in [0.1, 0.15) is 60.9 Å². The molecule has 0 saturated carbocycles. The molecule has 1 N–H and O–H groups in total. The van der Waals surface area contributed by atoms with Gasteiger partial charge in [-0.05, 0) is 79.0 Å². The Labute approximate surface area is 183 Å². The van der Waals surface area contributed by atoms with Gasteiger partial charge in [-0.15, -0.1) is 0 Å². The van der Waals surface area contributed by atoms with Gasteiger partial charge in [-0.2, -0.15) is 0 Å². The summed E-state index contributed by atoms with van der Waals surface area (Å²) in [5.41, 5.74) is 6.04. The summed E-state index contributed by atoms with van der Waals surface area (Å²) in [6.07, 6.45) is 3.20. The van der Waals surface area contributed by atoms with Crippen molar-refractivity contribution in [2.75, 3.05) is 5.75 Å². The van der Waals surface area contributed by atoms with Crippen molar-refractivity contribution in [1.29, 1.82) is 0 Å². The van der Waals surface area contributed by atoms with Crippen LogP contribution in [0.4, 0.5) is 0 Å². The molecule has 0 bridgehead atoms. The van der Waals surface area contributed by atoms with Gasteiger partial charge in [0.25, 0.3) is 0 Å². The third-order valence-corrected chi connectivity index (χ3v) is 7.38. The van der Waals surface area contributed by atoms with Gasteiger partial charge in [-0.1, -0.05) is 49.2 Å². The molecule has 2 aromatic rings. The number of ketones is 1. The number of hydrogen-bond donors (Lipinski definition) is 1. The summed E-state index contributed by atoms with van der Waals surface area (Å²) in [4.78, 5) is 13.9. The molecule has 0 fully saturated rings. The van der Waals surface area contributed by atoms with Crippen LogP contribution in [-0.4, -0.2) is 21.2 Å². The predicted molar refractivity (Wildman–Crippen MR) is 124 cm³/mol. The molecule has 0 saturated heterocycles. The summed E-state index contributed by atoms with van der Waals surface area (Å²) in [5.74, 6) is 0.758. The number of allylic oxidation sites excluding steroid dienone is 2. The van der Waals surface area contributed by atoms with Crippen molar-refractivity contribution in [3.05, 3.63) is 70.0 Å². The molecule has 0 radical (unpaired) electrons. The summed E-state index contributed by atoms with van der Waals surface area (Å²) < 4.78 is 12.6. The fourth-order valence-electron chi connectivity index (χ4n) is 4.36. The van der Waals surface area contributed by atoms with Gasteiger partial charge in [-0.3, -0.25) is 4.79 Å². The van der Waals surface area contributed by atoms with Crippen LogP contribution >= 0.6 is 0 Å². The highest BCUT2D eigenvalue weighted by Crippen LogP contribution is 2.37. The molecule has 30 heavy (non-hydrogen) atoms. The molecule has 1 aliphatic carbocycles. The zero-order chi connectivity index (χ0) is 21.8. The second-order valence-electron chi connectivity index (χ2n) is 8.34. The third-order valence-electron chi connectivity index (χ3n) is 5.98. The number of aryl methyl sites for hydroxylation is 4. The Balaban J connectivity index is 1.78. The van der Waals surface area contributed by atoms with Crippen molar-refractivity contribution in [2.45, 2.75) is 64.7 Å². The van der Waals surface area contributed by atoms with E-state index in [0.29, 0.717) is 30.6 Å². The van der Waals surface area contributed by atoms with Gasteiger partial charge in [0.05, 0.1) is 5.57 Å². The molecule has 0 amide bonds. The van der Waals surface area contributed by atoms with E-state index in [1.165, 1.54) is 5.56 Å². The fraction of sp³-hybridized carbons (Fsp3) is 0.423. The normalized spacial score (nSPS) is 18.0. The SMILES string of the molecule is CCc1cc(C)cc(CC)c1C1=C(O)CC(CC[S+]([O-])c2ccc(C)cc2)CC1=O. The molecule has 160 valence electrons. The number of Topliss-reactive ketones (excluding diaryl/α,β-unsaturated/α-hetero) is 1. The molecule has 3 rings (SSSR count). The van der Waals surface area contributed by atoms with Gasteiger partial charge in [0, 0.05) is 12.8 Å². The molecule has 0 aliphatic heterocycles. The van der Waals surface area contributed by atoms with Crippen molar-refractivity contribution >= 4 is 22.5 Å². The lowest BCUT2D eigenvalue weighted by Crippen LogP contribution is -2.22. The van der Waals surface area contributed by atoms with Crippen LogP contribution < -0.4 is 0 Å². The van der Waals surface area contributed by atoms with E-state index in [4.69, 9.17) is 0 Å². The monoisotopic (exact) mass is 424 g/mol. The molecule has 3 nitrogen and oxygen atoms in total. The van der Waals surface area contributed by atoms with Gasteiger partial charge in [0.15, 0.2) is 10.7 Å². The standard InChI is InChI=1S/C26H32O3S/c1-5-20-13-18(4)14-21(6-2)25(20)26-23(27)15-19(16-24(26)28)11-12-30(29)22-9-7-17(3)8-10-22/h7-10,13-14,19,27H,5-6,11-12,15-16H2,1-4H3. The lowest BCUT2D eigenvalue weighted by Gasteiger charge is -2.26. The number of benzene rings is 2. The Kier molecular flexibility index (Phi) is 7.43. The molecule has 4 heteroatoms. The summed E-state index contributed by atoms with van der Waals surface area (Å²) in [7, 11) is 0. The average Bonchev–Trinajstić information content (AvgIpc) is 2.72. The number of aliphatic hydroxyl groups excluding tert-OH is 1. The molecular weight excluding hydrogens is 392 g/mol. The van der Waals surface area contributed by atoms with E-state index in [-0.39, 0.29) is 17.5 Å². The predicted octanol–water partition coefficient (Wildman–Crippen LogP) is 5.87. The highest BCUT2D eigenvalue weighted by molar-refractivity contribution is 7.91. The van der Waals surface area contributed by atoms with Gasteiger partial charge in [0.1, 0.15) is 11.5 Å². The second-order valence-corrected chi connectivity index (χ2v) is 9.91. The van der Waals surface area contributed by atoms with E-state index in [1.807, 2.05) is 31.2 Å². The summed E-state index contributed by atoms with van der Waals surface area (Å²) in [5, 5.41) is 10.9. The van der Waals surface area contributed by atoms with E-state index in [1.54, 1.807) is 0 Å². The number of carbonyl (C=O) groups is 1. The topological polar surface area (TPSA) is 60.4 Å². The molecular formula is C26H32O3S. The van der Waals surface area contributed by atoms with Crippen LogP contribution in [-0.2, 0) is 28.8 Å². The van der Waals surface area contributed by atoms with E-state index >= 15 is 0 Å². The summed E-state index contributed by atoms with van der Waals surface area (Å²) >= 11 is -1.08. The van der Waals surface area contributed by atoms with Crippen molar-refractivity contribution in [2.24, 2.45) is 5.92 Å². The minimum atomic E-state index is -1.08. The first-order chi connectivity index (χ1) is 14.3. The van der Waals surface area contributed by atoms with Crippen LogP contribution in [0.2, 0.25) is 0 Å². The summed E-state index contributed by atoms with van der Waals surface area (Å²) in [6.45, 7) is 8.26. The molecule has 0 heterocycles. The van der Waals surface area contributed by atoms with Crippen molar-refractivity contribution in [1.82, 2.24) is 0 Å². The van der Waals surface area contributed by atoms with E-state index in [2.05, 4.69) is 32.9 Å². The van der Waals surface area contributed by atoms with Gasteiger partial charge >= 0.3 is 0 Å². The lowest BCUT2D eigenvalue weighted by atomic mass is 9.79. The first kappa shape index (κ1) is 22.6. The van der Waals surface area contributed by atoms with Crippen molar-refractivity contribution in [3.63, 3.8) is 0 Å². The first-order valence-electron chi connectivity index (χ1n) is 10.9. The van der Waals surface area contributed by atoms with Gasteiger partial charge < -0.3 is 9.66 Å². The number of aliphatic hydroxyl groups is 1. The second kappa shape index (κ2) is 9.84. The smallest absolute Gasteiger partial charge is 0.167 e. The van der Waals surface area contributed by atoms with E-state index in [9.17, 15) is 14.5 Å². The third kappa shape index (κ3) is 4.98. The zero-order valence-electron chi connectivity index (χ0n) is 18.5. The average molecular weight is 425 g/mol. The quantitative estimate of drug-likeness (QED) is 0.565. The maximum atomic E-state index is 13.1. The first-order valence-corrected chi connectivity index (χ1v) is 12.2. The van der Waals surface area contributed by atoms with Crippen LogP contribution in [0.25, 0.3) is 5.57 Å². The minimum Gasteiger partial charge on any atom is -0.611 e. The Morgan fingerprint density at radius 3 is 2.13 bits per heavy atom. The van der Waals surface area contributed by atoms with Crippen molar-refractivity contribution in [3.8, 4) is 0 Å². The minimum absolute atomic E-state index is 0.0121. The largest absolute Gasteiger partial charge is 0.611 e. The molecule has 0 spiro atoms. The van der Waals surface area contributed by atoms with Gasteiger partial charge in [-0.25, -0.2) is 0 Å². The maximum Gasteiger partial charge on any atom is 0.167 e. The van der Waals surface area contributed by atoms with Crippen LogP contribution in [0.5, 0.6) is 0 Å². The highest BCUT2D eigenvalue weighted by Gasteiger charge is 2.31. The Morgan fingerprint density at radius 2 is 1.60 bits per heavy atom. The number of rotatable bonds is 7. The summed E-state index contributed by atoms with van der Waals surface area (Å²) in [6, 6.07) is 12.0. The van der Waals surface area contributed by atoms with Gasteiger partial charge in [0.2, 0.25) is 0 Å². The Bertz CT molecular complexity index is 918.